The molecule has 2 N–H and O–H groups in total. The Morgan fingerprint density at radius 3 is 2.75 bits per heavy atom. The summed E-state index contributed by atoms with van der Waals surface area (Å²) in [6.45, 7) is -3.14. The monoisotopic (exact) mass is 303 g/mol. The highest BCUT2D eigenvalue weighted by atomic mass is 32.2. The smallest absolute Gasteiger partial charge is 0.387 e. The molecule has 20 heavy (non-hydrogen) atoms. The van der Waals surface area contributed by atoms with Crippen molar-refractivity contribution in [2.24, 2.45) is 0 Å². The molecule has 0 unspecified atom stereocenters. The first-order valence-corrected chi connectivity index (χ1v) is 6.98. The van der Waals surface area contributed by atoms with Crippen molar-refractivity contribution < 1.29 is 21.9 Å². The van der Waals surface area contributed by atoms with Gasteiger partial charge < -0.3 is 4.74 Å². The van der Waals surface area contributed by atoms with Gasteiger partial charge in [-0.3, -0.25) is 5.10 Å². The zero-order chi connectivity index (χ0) is 14.6. The summed E-state index contributed by atoms with van der Waals surface area (Å²) in [7, 11) is -3.75. The number of hydrogen-bond acceptors (Lipinski definition) is 4. The first-order valence-electron chi connectivity index (χ1n) is 5.50. The van der Waals surface area contributed by atoms with Crippen molar-refractivity contribution in [3.8, 4) is 5.75 Å². The van der Waals surface area contributed by atoms with Crippen LogP contribution in [0, 0.1) is 0 Å². The van der Waals surface area contributed by atoms with E-state index in [1.807, 2.05) is 0 Å². The summed E-state index contributed by atoms with van der Waals surface area (Å²) in [5, 5.41) is 5.91. The highest BCUT2D eigenvalue weighted by Gasteiger charge is 2.16. The third kappa shape index (κ3) is 3.52. The minimum absolute atomic E-state index is 0.0373. The minimum atomic E-state index is -3.75. The number of rotatable bonds is 6. The SMILES string of the molecule is O=S(=O)(NCc1ccccc1OC(F)F)c1cn[nH]c1. The lowest BCUT2D eigenvalue weighted by Crippen LogP contribution is -2.23. The third-order valence-corrected chi connectivity index (χ3v) is 3.79. The van der Waals surface area contributed by atoms with Crippen molar-refractivity contribution in [1.82, 2.24) is 14.9 Å². The summed E-state index contributed by atoms with van der Waals surface area (Å²) >= 11 is 0. The maximum atomic E-state index is 12.2. The van der Waals surface area contributed by atoms with Crippen LogP contribution >= 0.6 is 0 Å². The average Bonchev–Trinajstić information content (AvgIpc) is 2.92. The number of benzene rings is 1. The normalized spacial score (nSPS) is 11.8. The minimum Gasteiger partial charge on any atom is -0.434 e. The molecule has 0 aliphatic rings. The zero-order valence-corrected chi connectivity index (χ0v) is 10.9. The van der Waals surface area contributed by atoms with Crippen LogP contribution in [-0.4, -0.2) is 25.2 Å². The first kappa shape index (κ1) is 14.4. The molecule has 6 nitrogen and oxygen atoms in total. The second-order valence-electron chi connectivity index (χ2n) is 3.74. The highest BCUT2D eigenvalue weighted by molar-refractivity contribution is 7.89. The van der Waals surface area contributed by atoms with Crippen LogP contribution in [0.15, 0.2) is 41.6 Å². The highest BCUT2D eigenvalue weighted by Crippen LogP contribution is 2.20. The Labute approximate surface area is 113 Å². The van der Waals surface area contributed by atoms with E-state index in [0.29, 0.717) is 5.56 Å². The van der Waals surface area contributed by atoms with Crippen LogP contribution < -0.4 is 9.46 Å². The van der Waals surface area contributed by atoms with Crippen molar-refractivity contribution in [3.63, 3.8) is 0 Å². The Balaban J connectivity index is 2.12. The molecule has 0 saturated heterocycles. The molecule has 0 atom stereocenters. The van der Waals surface area contributed by atoms with Crippen molar-refractivity contribution in [3.05, 3.63) is 42.2 Å². The molecule has 0 saturated carbocycles. The number of alkyl halides is 2. The molecule has 9 heteroatoms. The van der Waals surface area contributed by atoms with Gasteiger partial charge in [0, 0.05) is 18.3 Å². The molecule has 0 aliphatic heterocycles. The van der Waals surface area contributed by atoms with Gasteiger partial charge in [0.15, 0.2) is 0 Å². The predicted octanol–water partition coefficient (Wildman–Crippen LogP) is 1.49. The number of nitrogens with one attached hydrogen (secondary N) is 2. The lowest BCUT2D eigenvalue weighted by atomic mass is 10.2. The van der Waals surface area contributed by atoms with Crippen LogP contribution in [0.1, 0.15) is 5.56 Å². The van der Waals surface area contributed by atoms with Crippen LogP contribution in [0.5, 0.6) is 5.75 Å². The summed E-state index contributed by atoms with van der Waals surface area (Å²) in [4.78, 5) is -0.0373. The maximum absolute atomic E-state index is 12.2. The van der Waals surface area contributed by atoms with Crippen LogP contribution in [0.25, 0.3) is 0 Å². The average molecular weight is 303 g/mol. The fourth-order valence-corrected chi connectivity index (χ4v) is 2.41. The van der Waals surface area contributed by atoms with E-state index in [2.05, 4.69) is 19.7 Å². The van der Waals surface area contributed by atoms with Crippen molar-refractivity contribution in [2.45, 2.75) is 18.1 Å². The molecule has 1 aromatic heterocycles. The molecule has 0 bridgehead atoms. The van der Waals surface area contributed by atoms with Crippen LogP contribution in [0.2, 0.25) is 0 Å². The molecule has 0 aliphatic carbocycles. The lowest BCUT2D eigenvalue weighted by Gasteiger charge is -2.11. The largest absolute Gasteiger partial charge is 0.434 e. The van der Waals surface area contributed by atoms with Gasteiger partial charge in [-0.15, -0.1) is 0 Å². The Bertz CT molecular complexity index is 659. The van der Waals surface area contributed by atoms with E-state index in [1.54, 1.807) is 6.07 Å². The second-order valence-corrected chi connectivity index (χ2v) is 5.51. The number of halogens is 2. The number of H-pyrrole nitrogens is 1. The molecular weight excluding hydrogens is 292 g/mol. The Morgan fingerprint density at radius 1 is 1.35 bits per heavy atom. The number of para-hydroxylation sites is 1. The van der Waals surface area contributed by atoms with Gasteiger partial charge in [0.25, 0.3) is 0 Å². The van der Waals surface area contributed by atoms with Crippen LogP contribution in [0.3, 0.4) is 0 Å². The van der Waals surface area contributed by atoms with Crippen LogP contribution in [0.4, 0.5) is 8.78 Å². The van der Waals surface area contributed by atoms with E-state index < -0.39 is 16.6 Å². The predicted molar refractivity (Wildman–Crippen MR) is 65.7 cm³/mol. The molecule has 108 valence electrons. The number of hydrogen-bond donors (Lipinski definition) is 2. The third-order valence-electron chi connectivity index (χ3n) is 2.42. The molecule has 1 heterocycles. The van der Waals surface area contributed by atoms with E-state index in [4.69, 9.17) is 0 Å². The van der Waals surface area contributed by atoms with Gasteiger partial charge in [0.2, 0.25) is 10.0 Å². The van der Waals surface area contributed by atoms with Gasteiger partial charge in [-0.2, -0.15) is 13.9 Å². The van der Waals surface area contributed by atoms with Crippen molar-refractivity contribution in [2.75, 3.05) is 0 Å². The molecular formula is C11H11F2N3O3S. The van der Waals surface area contributed by atoms with Gasteiger partial charge in [-0.25, -0.2) is 13.1 Å². The van der Waals surface area contributed by atoms with Crippen LogP contribution in [-0.2, 0) is 16.6 Å². The van der Waals surface area contributed by atoms with Crippen molar-refractivity contribution >= 4 is 10.0 Å². The summed E-state index contributed by atoms with van der Waals surface area (Å²) in [5.74, 6) is -0.0719. The van der Waals surface area contributed by atoms with E-state index in [-0.39, 0.29) is 17.2 Å². The Hall–Kier alpha value is -2.00. The van der Waals surface area contributed by atoms with E-state index in [9.17, 15) is 17.2 Å². The summed E-state index contributed by atoms with van der Waals surface area (Å²) in [6, 6.07) is 5.95. The molecule has 0 fully saturated rings. The summed E-state index contributed by atoms with van der Waals surface area (Å²) < 4.78 is 54.7. The number of aromatic amines is 1. The molecule has 0 amide bonds. The van der Waals surface area contributed by atoms with Gasteiger partial charge in [0.05, 0.1) is 6.20 Å². The number of nitrogens with zero attached hydrogens (tertiary/aromatic N) is 1. The second kappa shape index (κ2) is 5.97. The molecule has 0 radical (unpaired) electrons. The molecule has 0 spiro atoms. The van der Waals surface area contributed by atoms with E-state index in [1.165, 1.54) is 24.4 Å². The van der Waals surface area contributed by atoms with Gasteiger partial charge in [0.1, 0.15) is 10.6 Å². The standard InChI is InChI=1S/C11H11F2N3O3S/c12-11(13)19-10-4-2-1-3-8(10)5-16-20(17,18)9-6-14-15-7-9/h1-4,6-7,11,16H,5H2,(H,14,15). The Kier molecular flexibility index (Phi) is 4.30. The van der Waals surface area contributed by atoms with Gasteiger partial charge in [-0.1, -0.05) is 18.2 Å². The quantitative estimate of drug-likeness (QED) is 0.847. The molecule has 2 rings (SSSR count). The molecule has 2 aromatic rings. The topological polar surface area (TPSA) is 84.1 Å². The van der Waals surface area contributed by atoms with Crippen molar-refractivity contribution in [1.29, 1.82) is 0 Å². The maximum Gasteiger partial charge on any atom is 0.387 e. The Morgan fingerprint density at radius 2 is 2.10 bits per heavy atom. The molecule has 1 aromatic carbocycles. The van der Waals surface area contributed by atoms with E-state index >= 15 is 0 Å². The summed E-state index contributed by atoms with van der Waals surface area (Å²) in [6.07, 6.45) is 2.35. The number of aromatic nitrogens is 2. The summed E-state index contributed by atoms with van der Waals surface area (Å²) in [5.41, 5.74) is 0.305. The number of ether oxygens (including phenoxy) is 1. The zero-order valence-electron chi connectivity index (χ0n) is 10.1. The van der Waals surface area contributed by atoms with Gasteiger partial charge >= 0.3 is 6.61 Å². The fourth-order valence-electron chi connectivity index (χ4n) is 1.50. The first-order chi connectivity index (χ1) is 9.49. The number of sulfonamides is 1. The van der Waals surface area contributed by atoms with E-state index in [0.717, 1.165) is 6.20 Å². The fraction of sp³-hybridized carbons (Fsp3) is 0.182. The van der Waals surface area contributed by atoms with Gasteiger partial charge in [-0.05, 0) is 6.07 Å². The lowest BCUT2D eigenvalue weighted by molar-refractivity contribution is -0.0504.